The van der Waals surface area contributed by atoms with Crippen molar-refractivity contribution in [1.29, 1.82) is 0 Å². The zero-order valence-electron chi connectivity index (χ0n) is 10.5. The summed E-state index contributed by atoms with van der Waals surface area (Å²) in [6.45, 7) is 5.06. The second-order valence-electron chi connectivity index (χ2n) is 4.24. The molecule has 1 aromatic carbocycles. The molecule has 0 saturated heterocycles. The van der Waals surface area contributed by atoms with Crippen molar-refractivity contribution in [1.82, 2.24) is 0 Å². The van der Waals surface area contributed by atoms with Crippen LogP contribution >= 0.6 is 0 Å². The van der Waals surface area contributed by atoms with Gasteiger partial charge in [0.05, 0.1) is 10.9 Å². The first-order chi connectivity index (χ1) is 8.12. The van der Waals surface area contributed by atoms with Crippen LogP contribution < -0.4 is 16.2 Å². The molecule has 1 amide bonds. The highest BCUT2D eigenvalue weighted by Crippen LogP contribution is 2.23. The summed E-state index contributed by atoms with van der Waals surface area (Å²) in [7, 11) is -3.80. The Morgan fingerprint density at radius 3 is 2.33 bits per heavy atom. The lowest BCUT2D eigenvalue weighted by Crippen LogP contribution is -2.32. The first-order valence-electron chi connectivity index (χ1n) is 5.33. The molecule has 1 rings (SSSR count). The van der Waals surface area contributed by atoms with Crippen LogP contribution in [0.25, 0.3) is 0 Å². The van der Waals surface area contributed by atoms with Crippen LogP contribution in [0.2, 0.25) is 0 Å². The maximum atomic E-state index is 11.5. The molecular formula is C11H17N3O3S. The number of primary sulfonamides is 1. The molecule has 7 heteroatoms. The predicted molar refractivity (Wildman–Crippen MR) is 69.6 cm³/mol. The lowest BCUT2D eigenvalue weighted by Gasteiger charge is -2.13. The normalized spacial score (nSPS) is 13.2. The quantitative estimate of drug-likeness (QED) is 0.730. The number of amides is 1. The summed E-state index contributed by atoms with van der Waals surface area (Å²) in [5, 5.41) is 7.65. The van der Waals surface area contributed by atoms with Gasteiger partial charge in [0.15, 0.2) is 0 Å². The average Bonchev–Trinajstić information content (AvgIpc) is 2.22. The average molecular weight is 271 g/mol. The number of nitrogens with one attached hydrogen (secondary N) is 1. The van der Waals surface area contributed by atoms with Crippen molar-refractivity contribution in [3.05, 3.63) is 23.3 Å². The molecule has 0 spiro atoms. The minimum atomic E-state index is -3.80. The first kappa shape index (κ1) is 14.6. The molecule has 1 aromatic rings. The van der Waals surface area contributed by atoms with Crippen molar-refractivity contribution >= 4 is 21.6 Å². The van der Waals surface area contributed by atoms with Crippen molar-refractivity contribution in [2.75, 3.05) is 5.32 Å². The van der Waals surface area contributed by atoms with E-state index in [4.69, 9.17) is 10.9 Å². The van der Waals surface area contributed by atoms with Crippen LogP contribution in [0.4, 0.5) is 5.69 Å². The van der Waals surface area contributed by atoms with Gasteiger partial charge in [-0.15, -0.1) is 0 Å². The Labute approximate surface area is 106 Å². The topological polar surface area (TPSA) is 115 Å². The van der Waals surface area contributed by atoms with Crippen LogP contribution in [-0.2, 0) is 14.8 Å². The van der Waals surface area contributed by atoms with E-state index in [-0.39, 0.29) is 10.8 Å². The van der Waals surface area contributed by atoms with Gasteiger partial charge in [-0.1, -0.05) is 0 Å². The minimum Gasteiger partial charge on any atom is -0.324 e. The summed E-state index contributed by atoms with van der Waals surface area (Å²) >= 11 is 0. The van der Waals surface area contributed by atoms with Gasteiger partial charge in [0.1, 0.15) is 0 Å². The second kappa shape index (κ2) is 5.05. The highest BCUT2D eigenvalue weighted by Gasteiger charge is 2.15. The maximum absolute atomic E-state index is 11.5. The van der Waals surface area contributed by atoms with Crippen molar-refractivity contribution in [3.63, 3.8) is 0 Å². The Bertz CT molecular complexity index is 579. The van der Waals surface area contributed by atoms with Crippen LogP contribution in [0.3, 0.4) is 0 Å². The van der Waals surface area contributed by atoms with Gasteiger partial charge in [-0.2, -0.15) is 0 Å². The zero-order chi connectivity index (χ0) is 14.1. The number of anilines is 1. The molecule has 0 bridgehead atoms. The molecule has 0 aliphatic heterocycles. The lowest BCUT2D eigenvalue weighted by molar-refractivity contribution is -0.117. The van der Waals surface area contributed by atoms with E-state index < -0.39 is 16.1 Å². The Hall–Kier alpha value is -1.44. The van der Waals surface area contributed by atoms with E-state index >= 15 is 0 Å². The molecule has 18 heavy (non-hydrogen) atoms. The van der Waals surface area contributed by atoms with Crippen LogP contribution in [0.15, 0.2) is 17.0 Å². The van der Waals surface area contributed by atoms with Gasteiger partial charge in [-0.05, 0) is 44.0 Å². The van der Waals surface area contributed by atoms with E-state index in [0.29, 0.717) is 5.69 Å². The van der Waals surface area contributed by atoms with Crippen molar-refractivity contribution in [2.24, 2.45) is 10.9 Å². The summed E-state index contributed by atoms with van der Waals surface area (Å²) in [6.07, 6.45) is 0. The summed E-state index contributed by atoms with van der Waals surface area (Å²) in [6, 6.07) is 2.12. The van der Waals surface area contributed by atoms with Gasteiger partial charge in [-0.25, -0.2) is 13.6 Å². The van der Waals surface area contributed by atoms with E-state index in [1.807, 2.05) is 0 Å². The second-order valence-corrected chi connectivity index (χ2v) is 5.80. The number of hydrogen-bond acceptors (Lipinski definition) is 4. The Morgan fingerprint density at radius 1 is 1.33 bits per heavy atom. The number of nitrogens with two attached hydrogens (primary N) is 2. The summed E-state index contributed by atoms with van der Waals surface area (Å²) in [5.41, 5.74) is 7.34. The summed E-state index contributed by atoms with van der Waals surface area (Å²) in [4.78, 5) is 11.5. The molecule has 5 N–H and O–H groups in total. The van der Waals surface area contributed by atoms with Crippen molar-refractivity contribution in [3.8, 4) is 0 Å². The Morgan fingerprint density at radius 2 is 1.89 bits per heavy atom. The van der Waals surface area contributed by atoms with E-state index in [1.54, 1.807) is 20.8 Å². The number of carbonyl (C=O) groups excluding carboxylic acids is 1. The van der Waals surface area contributed by atoms with Gasteiger partial charge in [0.2, 0.25) is 15.9 Å². The highest BCUT2D eigenvalue weighted by atomic mass is 32.2. The molecule has 0 aromatic heterocycles. The molecule has 0 heterocycles. The van der Waals surface area contributed by atoms with E-state index in [2.05, 4.69) is 5.32 Å². The maximum Gasteiger partial charge on any atom is 0.241 e. The fourth-order valence-corrected chi connectivity index (χ4v) is 1.99. The fraction of sp³-hybridized carbons (Fsp3) is 0.364. The number of hydrogen-bond donors (Lipinski definition) is 3. The number of aryl methyl sites for hydroxylation is 1. The van der Waals surface area contributed by atoms with Gasteiger partial charge < -0.3 is 11.1 Å². The zero-order valence-corrected chi connectivity index (χ0v) is 11.3. The fourth-order valence-electron chi connectivity index (χ4n) is 1.37. The van der Waals surface area contributed by atoms with Crippen LogP contribution in [0.1, 0.15) is 18.1 Å². The third-order valence-electron chi connectivity index (χ3n) is 2.64. The van der Waals surface area contributed by atoms with Crippen LogP contribution in [-0.4, -0.2) is 20.4 Å². The number of benzene rings is 1. The third kappa shape index (κ3) is 3.28. The SMILES string of the molecule is Cc1cc(S(N)(=O)=O)cc(NC(=O)C(C)N)c1C. The number of sulfonamides is 1. The van der Waals surface area contributed by atoms with E-state index in [1.165, 1.54) is 12.1 Å². The monoisotopic (exact) mass is 271 g/mol. The van der Waals surface area contributed by atoms with Gasteiger partial charge in [0.25, 0.3) is 0 Å². The van der Waals surface area contributed by atoms with Gasteiger partial charge in [-0.3, -0.25) is 4.79 Å². The Kier molecular flexibility index (Phi) is 4.10. The van der Waals surface area contributed by atoms with Crippen LogP contribution in [0.5, 0.6) is 0 Å². The molecule has 100 valence electrons. The predicted octanol–water partition coefficient (Wildman–Crippen LogP) is 0.237. The smallest absolute Gasteiger partial charge is 0.241 e. The number of carbonyl (C=O) groups is 1. The molecular weight excluding hydrogens is 254 g/mol. The largest absolute Gasteiger partial charge is 0.324 e. The molecule has 0 aliphatic carbocycles. The van der Waals surface area contributed by atoms with Gasteiger partial charge in [0, 0.05) is 5.69 Å². The molecule has 0 radical (unpaired) electrons. The first-order valence-corrected chi connectivity index (χ1v) is 6.88. The minimum absolute atomic E-state index is 0.0365. The lowest BCUT2D eigenvalue weighted by atomic mass is 10.1. The van der Waals surface area contributed by atoms with E-state index in [0.717, 1.165) is 11.1 Å². The van der Waals surface area contributed by atoms with Crippen molar-refractivity contribution in [2.45, 2.75) is 31.7 Å². The third-order valence-corrected chi connectivity index (χ3v) is 3.53. The standard InChI is InChI=1S/C11H17N3O3S/c1-6-4-9(18(13,16)17)5-10(7(6)2)14-11(15)8(3)12/h4-5,8H,12H2,1-3H3,(H,14,15)(H2,13,16,17). The molecule has 0 fully saturated rings. The Balaban J connectivity index is 3.28. The van der Waals surface area contributed by atoms with Crippen LogP contribution in [0, 0.1) is 13.8 Å². The number of rotatable bonds is 3. The highest BCUT2D eigenvalue weighted by molar-refractivity contribution is 7.89. The summed E-state index contributed by atoms with van der Waals surface area (Å²) < 4.78 is 22.6. The molecule has 0 aliphatic rings. The van der Waals surface area contributed by atoms with E-state index in [9.17, 15) is 13.2 Å². The molecule has 1 atom stereocenters. The molecule has 0 saturated carbocycles. The molecule has 6 nitrogen and oxygen atoms in total. The van der Waals surface area contributed by atoms with Crippen molar-refractivity contribution < 1.29 is 13.2 Å². The summed E-state index contributed by atoms with van der Waals surface area (Å²) in [5.74, 6) is -0.385. The van der Waals surface area contributed by atoms with Gasteiger partial charge >= 0.3 is 0 Å². The molecule has 1 unspecified atom stereocenters.